The summed E-state index contributed by atoms with van der Waals surface area (Å²) in [6, 6.07) is 11.3. The van der Waals surface area contributed by atoms with Crippen molar-refractivity contribution in [1.82, 2.24) is 4.57 Å². The van der Waals surface area contributed by atoms with E-state index in [1.54, 1.807) is 11.5 Å². The Morgan fingerprint density at radius 2 is 2.00 bits per heavy atom. The van der Waals surface area contributed by atoms with Gasteiger partial charge < -0.3 is 9.30 Å². The van der Waals surface area contributed by atoms with Crippen LogP contribution in [0.3, 0.4) is 0 Å². The van der Waals surface area contributed by atoms with Gasteiger partial charge in [0.2, 0.25) is 0 Å². The van der Waals surface area contributed by atoms with E-state index < -0.39 is 17.7 Å². The molecule has 1 aromatic heterocycles. The molecule has 3 rings (SSSR count). The number of fused-ring (bicyclic) bond motifs is 1. The summed E-state index contributed by atoms with van der Waals surface area (Å²) in [4.78, 5) is 29.0. The van der Waals surface area contributed by atoms with Crippen LogP contribution in [0.5, 0.6) is 0 Å². The second kappa shape index (κ2) is 8.26. The molecule has 5 nitrogen and oxygen atoms in total. The molecule has 0 unspecified atom stereocenters. The highest BCUT2D eigenvalue weighted by molar-refractivity contribution is 7.16. The van der Waals surface area contributed by atoms with E-state index in [-0.39, 0.29) is 18.7 Å². The number of carbonyl (C=O) groups excluding carboxylic acids is 2. The predicted octanol–water partition coefficient (Wildman–Crippen LogP) is 3.71. The van der Waals surface area contributed by atoms with Gasteiger partial charge in [0.25, 0.3) is 5.91 Å². The van der Waals surface area contributed by atoms with Crippen LogP contribution < -0.4 is 4.80 Å². The largest absolute Gasteiger partial charge is 0.465 e. The van der Waals surface area contributed by atoms with Crippen molar-refractivity contribution in [1.29, 1.82) is 0 Å². The smallest absolute Gasteiger partial charge is 0.326 e. The predicted molar refractivity (Wildman–Crippen MR) is 102 cm³/mol. The maximum Gasteiger partial charge on any atom is 0.326 e. The van der Waals surface area contributed by atoms with Gasteiger partial charge in [0.15, 0.2) is 4.80 Å². The monoisotopic (exact) mass is 386 g/mol. The van der Waals surface area contributed by atoms with Crippen molar-refractivity contribution >= 4 is 33.4 Å². The number of rotatable bonds is 5. The van der Waals surface area contributed by atoms with E-state index in [1.807, 2.05) is 18.2 Å². The third-order valence-electron chi connectivity index (χ3n) is 4.02. The first-order chi connectivity index (χ1) is 13.0. The van der Waals surface area contributed by atoms with Crippen LogP contribution in [0.2, 0.25) is 0 Å². The third-order valence-corrected chi connectivity index (χ3v) is 5.06. The summed E-state index contributed by atoms with van der Waals surface area (Å²) < 4.78 is 21.0. The quantitative estimate of drug-likeness (QED) is 0.628. The number of thiazole rings is 1. The summed E-state index contributed by atoms with van der Waals surface area (Å²) in [6.07, 6.45) is 0.875. The van der Waals surface area contributed by atoms with Gasteiger partial charge in [-0.05, 0) is 49.2 Å². The van der Waals surface area contributed by atoms with E-state index in [9.17, 15) is 14.0 Å². The highest BCUT2D eigenvalue weighted by Crippen LogP contribution is 2.20. The Labute approximate surface area is 159 Å². The van der Waals surface area contributed by atoms with E-state index in [0.29, 0.717) is 4.80 Å². The van der Waals surface area contributed by atoms with Crippen LogP contribution in [-0.2, 0) is 22.5 Å². The van der Waals surface area contributed by atoms with E-state index in [4.69, 9.17) is 4.74 Å². The molecule has 0 bridgehead atoms. The van der Waals surface area contributed by atoms with Gasteiger partial charge in [0.1, 0.15) is 12.4 Å². The molecule has 0 saturated carbocycles. The zero-order chi connectivity index (χ0) is 19.4. The fourth-order valence-corrected chi connectivity index (χ4v) is 3.78. The lowest BCUT2D eigenvalue weighted by molar-refractivity contribution is -0.143. The van der Waals surface area contributed by atoms with Crippen LogP contribution in [0.4, 0.5) is 4.39 Å². The van der Waals surface area contributed by atoms with Crippen molar-refractivity contribution in [2.75, 3.05) is 6.61 Å². The number of amides is 1. The summed E-state index contributed by atoms with van der Waals surface area (Å²) >= 11 is 1.31. The van der Waals surface area contributed by atoms with Gasteiger partial charge >= 0.3 is 5.97 Å². The number of esters is 1. The molecule has 0 radical (unpaired) electrons. The minimum absolute atomic E-state index is 0.0470. The zero-order valence-electron chi connectivity index (χ0n) is 15.1. The Morgan fingerprint density at radius 3 is 2.70 bits per heavy atom. The molecule has 0 saturated heterocycles. The average Bonchev–Trinajstić information content (AvgIpc) is 2.98. The molecule has 0 atom stereocenters. The summed E-state index contributed by atoms with van der Waals surface area (Å²) in [6.45, 7) is 4.02. The van der Waals surface area contributed by atoms with Gasteiger partial charge in [-0.2, -0.15) is 4.99 Å². The number of carbonyl (C=O) groups is 2. The molecule has 7 heteroatoms. The summed E-state index contributed by atoms with van der Waals surface area (Å²) in [5, 5.41) is 0. The van der Waals surface area contributed by atoms with E-state index in [0.717, 1.165) is 28.3 Å². The Balaban J connectivity index is 2.11. The third kappa shape index (κ3) is 4.31. The van der Waals surface area contributed by atoms with Crippen LogP contribution >= 0.6 is 11.3 Å². The first kappa shape index (κ1) is 19.0. The molecular formula is C20H19FN2O3S. The van der Waals surface area contributed by atoms with Crippen LogP contribution in [0.15, 0.2) is 47.5 Å². The van der Waals surface area contributed by atoms with Crippen molar-refractivity contribution in [2.45, 2.75) is 26.8 Å². The minimum Gasteiger partial charge on any atom is -0.465 e. The number of nitrogens with zero attached hydrogens (tertiary/aromatic N) is 2. The molecule has 0 aliphatic heterocycles. The maximum atomic E-state index is 13.4. The van der Waals surface area contributed by atoms with Gasteiger partial charge in [0.05, 0.1) is 16.8 Å². The van der Waals surface area contributed by atoms with Gasteiger partial charge in [-0.3, -0.25) is 9.59 Å². The fourth-order valence-electron chi connectivity index (χ4n) is 2.68. The Kier molecular flexibility index (Phi) is 5.81. The Morgan fingerprint density at radius 1 is 1.19 bits per heavy atom. The normalized spacial score (nSPS) is 11.7. The van der Waals surface area contributed by atoms with Crippen molar-refractivity contribution in [3.05, 3.63) is 64.2 Å². The summed E-state index contributed by atoms with van der Waals surface area (Å²) in [5.74, 6) is -1.47. The molecule has 27 heavy (non-hydrogen) atoms. The molecule has 1 amide bonds. The SMILES string of the molecule is CCOC(=O)Cn1c(=NC(=O)c2cccc(F)c2)sc2cc(CC)ccc21. The fraction of sp³-hybridized carbons (Fsp3) is 0.250. The van der Waals surface area contributed by atoms with Crippen molar-refractivity contribution < 1.29 is 18.7 Å². The average molecular weight is 386 g/mol. The molecule has 0 aliphatic rings. The Hall–Kier alpha value is -2.80. The number of aryl methyl sites for hydroxylation is 1. The van der Waals surface area contributed by atoms with Gasteiger partial charge in [-0.15, -0.1) is 0 Å². The second-order valence-corrected chi connectivity index (χ2v) is 6.87. The molecular weight excluding hydrogens is 367 g/mol. The molecule has 0 fully saturated rings. The highest BCUT2D eigenvalue weighted by Gasteiger charge is 2.13. The first-order valence-electron chi connectivity index (χ1n) is 8.64. The zero-order valence-corrected chi connectivity index (χ0v) is 15.9. The number of halogens is 1. The number of hydrogen-bond acceptors (Lipinski definition) is 4. The molecule has 0 spiro atoms. The number of aromatic nitrogens is 1. The van der Waals surface area contributed by atoms with Crippen molar-refractivity contribution in [3.63, 3.8) is 0 Å². The summed E-state index contributed by atoms with van der Waals surface area (Å²) in [7, 11) is 0. The second-order valence-electron chi connectivity index (χ2n) is 5.86. The number of hydrogen-bond donors (Lipinski definition) is 0. The van der Waals surface area contributed by atoms with Crippen LogP contribution in [0, 0.1) is 5.82 Å². The van der Waals surface area contributed by atoms with E-state index in [2.05, 4.69) is 11.9 Å². The maximum absolute atomic E-state index is 13.4. The van der Waals surface area contributed by atoms with Gasteiger partial charge in [0, 0.05) is 5.56 Å². The van der Waals surface area contributed by atoms with Crippen molar-refractivity contribution in [2.24, 2.45) is 4.99 Å². The van der Waals surface area contributed by atoms with Gasteiger partial charge in [-0.1, -0.05) is 30.4 Å². The van der Waals surface area contributed by atoms with Crippen molar-refractivity contribution in [3.8, 4) is 0 Å². The molecule has 1 heterocycles. The number of benzene rings is 2. The number of ether oxygens (including phenoxy) is 1. The molecule has 3 aromatic rings. The lowest BCUT2D eigenvalue weighted by Gasteiger charge is -2.05. The Bertz CT molecular complexity index is 1070. The lowest BCUT2D eigenvalue weighted by atomic mass is 10.2. The standard InChI is InChI=1S/C20H19FN2O3S/c1-3-13-8-9-16-17(10-13)27-20(23(16)12-18(24)26-4-2)22-19(25)14-6-5-7-15(21)11-14/h5-11H,3-4,12H2,1-2H3. The highest BCUT2D eigenvalue weighted by atomic mass is 32.1. The van der Waals surface area contributed by atoms with Crippen LogP contribution in [0.25, 0.3) is 10.2 Å². The van der Waals surface area contributed by atoms with E-state index >= 15 is 0 Å². The van der Waals surface area contributed by atoms with Crippen LogP contribution in [0.1, 0.15) is 29.8 Å². The van der Waals surface area contributed by atoms with Crippen LogP contribution in [-0.4, -0.2) is 23.1 Å². The summed E-state index contributed by atoms with van der Waals surface area (Å²) in [5.41, 5.74) is 2.11. The minimum atomic E-state index is -0.561. The molecule has 2 aromatic carbocycles. The first-order valence-corrected chi connectivity index (χ1v) is 9.46. The van der Waals surface area contributed by atoms with Gasteiger partial charge in [-0.25, -0.2) is 4.39 Å². The lowest BCUT2D eigenvalue weighted by Crippen LogP contribution is -2.23. The molecule has 140 valence electrons. The topological polar surface area (TPSA) is 60.7 Å². The molecule has 0 aliphatic carbocycles. The molecule has 0 N–H and O–H groups in total. The van der Waals surface area contributed by atoms with E-state index in [1.165, 1.54) is 29.5 Å².